The van der Waals surface area contributed by atoms with Gasteiger partial charge in [-0.25, -0.2) is 9.98 Å². The van der Waals surface area contributed by atoms with Crippen LogP contribution in [0.4, 0.5) is 5.13 Å². The number of aliphatic imine (C=N–C) groups is 1. The van der Waals surface area contributed by atoms with E-state index in [-0.39, 0.29) is 0 Å². The van der Waals surface area contributed by atoms with Crippen molar-refractivity contribution in [1.29, 1.82) is 0 Å². The van der Waals surface area contributed by atoms with Gasteiger partial charge in [0.15, 0.2) is 11.1 Å². The molecular weight excluding hydrogens is 318 g/mol. The number of anilines is 1. The maximum Gasteiger partial charge on any atom is 0.199 e. The van der Waals surface area contributed by atoms with Crippen molar-refractivity contribution in [2.24, 2.45) is 16.8 Å². The Balaban J connectivity index is 1.41. The molecule has 1 saturated carbocycles. The topological polar surface area (TPSA) is 52.5 Å². The van der Waals surface area contributed by atoms with Crippen LogP contribution in [-0.2, 0) is 0 Å². The molecule has 4 rings (SSSR count). The van der Waals surface area contributed by atoms with Crippen molar-refractivity contribution >= 4 is 32.6 Å². The van der Waals surface area contributed by atoms with Crippen LogP contribution in [-0.4, -0.2) is 35.2 Å². The van der Waals surface area contributed by atoms with Crippen molar-refractivity contribution < 1.29 is 0 Å². The van der Waals surface area contributed by atoms with Gasteiger partial charge in [-0.3, -0.25) is 4.90 Å². The summed E-state index contributed by atoms with van der Waals surface area (Å²) in [6, 6.07) is 8.86. The smallest absolute Gasteiger partial charge is 0.199 e. The zero-order chi connectivity index (χ0) is 16.5. The van der Waals surface area contributed by atoms with Crippen molar-refractivity contribution in [1.82, 2.24) is 15.2 Å². The summed E-state index contributed by atoms with van der Waals surface area (Å²) in [5, 5.41) is 7.66. The first-order chi connectivity index (χ1) is 11.7. The Labute approximate surface area is 147 Å². The zero-order valence-electron chi connectivity index (χ0n) is 14.3. The number of hydrogen-bond donors (Lipinski definition) is 2. The molecule has 2 aromatic rings. The predicted octanol–water partition coefficient (Wildman–Crippen LogP) is 3.71. The van der Waals surface area contributed by atoms with Crippen molar-refractivity contribution in [3.63, 3.8) is 0 Å². The molecule has 24 heavy (non-hydrogen) atoms. The summed E-state index contributed by atoms with van der Waals surface area (Å²) in [5.41, 5.74) is 1.04. The third kappa shape index (κ3) is 3.13. The molecule has 0 unspecified atom stereocenters. The fourth-order valence-electron chi connectivity index (χ4n) is 3.85. The molecule has 0 bridgehead atoms. The lowest BCUT2D eigenvalue weighted by Gasteiger charge is -2.42. The van der Waals surface area contributed by atoms with Gasteiger partial charge in [-0.1, -0.05) is 50.2 Å². The number of guanidine groups is 1. The van der Waals surface area contributed by atoms with Crippen LogP contribution >= 0.6 is 11.3 Å². The first-order valence-corrected chi connectivity index (χ1v) is 9.67. The van der Waals surface area contributed by atoms with Crippen LogP contribution in [0.3, 0.4) is 0 Å². The van der Waals surface area contributed by atoms with E-state index < -0.39 is 0 Å². The Kier molecular flexibility index (Phi) is 4.41. The first-order valence-electron chi connectivity index (χ1n) is 8.85. The van der Waals surface area contributed by atoms with Crippen molar-refractivity contribution in [3.8, 4) is 0 Å². The molecule has 5 nitrogen and oxygen atoms in total. The number of hydrogen-bond acceptors (Lipinski definition) is 6. The maximum atomic E-state index is 4.70. The zero-order valence-corrected chi connectivity index (χ0v) is 15.1. The molecule has 1 aliphatic carbocycles. The summed E-state index contributed by atoms with van der Waals surface area (Å²) in [5.74, 6) is 2.39. The molecule has 1 fully saturated rings. The molecule has 0 radical (unpaired) electrons. The minimum Gasteiger partial charge on any atom is -0.343 e. The normalized spacial score (nSPS) is 28.4. The lowest BCUT2D eigenvalue weighted by atomic mass is 9.77. The summed E-state index contributed by atoms with van der Waals surface area (Å²) in [4.78, 5) is 11.8. The fraction of sp³-hybridized carbons (Fsp3) is 0.556. The summed E-state index contributed by atoms with van der Waals surface area (Å²) in [7, 11) is 0. The third-order valence-electron chi connectivity index (χ3n) is 5.51. The number of rotatable bonds is 2. The molecule has 2 N–H and O–H groups in total. The second kappa shape index (κ2) is 6.69. The van der Waals surface area contributed by atoms with Crippen LogP contribution in [0, 0.1) is 11.8 Å². The van der Waals surface area contributed by atoms with E-state index in [1.54, 1.807) is 11.3 Å². The highest BCUT2D eigenvalue weighted by Gasteiger charge is 2.32. The van der Waals surface area contributed by atoms with Crippen molar-refractivity contribution in [2.75, 3.05) is 18.7 Å². The summed E-state index contributed by atoms with van der Waals surface area (Å²) >= 11 is 1.66. The van der Waals surface area contributed by atoms with Gasteiger partial charge in [-0.05, 0) is 30.4 Å². The largest absolute Gasteiger partial charge is 0.343 e. The van der Waals surface area contributed by atoms with Crippen LogP contribution in [0.2, 0.25) is 0 Å². The molecule has 0 saturated heterocycles. The highest BCUT2D eigenvalue weighted by molar-refractivity contribution is 7.22. The van der Waals surface area contributed by atoms with E-state index in [1.165, 1.54) is 24.0 Å². The lowest BCUT2D eigenvalue weighted by molar-refractivity contribution is 0.0771. The van der Waals surface area contributed by atoms with Crippen LogP contribution in [0.1, 0.15) is 33.1 Å². The monoisotopic (exact) mass is 343 g/mol. The van der Waals surface area contributed by atoms with Gasteiger partial charge in [0.05, 0.1) is 23.6 Å². The minimum atomic E-state index is 0.647. The molecule has 0 amide bonds. The fourth-order valence-corrected chi connectivity index (χ4v) is 4.71. The van der Waals surface area contributed by atoms with Crippen LogP contribution in [0.5, 0.6) is 0 Å². The van der Waals surface area contributed by atoms with Crippen molar-refractivity contribution in [2.45, 2.75) is 39.2 Å². The Morgan fingerprint density at radius 1 is 1.25 bits per heavy atom. The highest BCUT2D eigenvalue weighted by Crippen LogP contribution is 2.33. The predicted molar refractivity (Wildman–Crippen MR) is 101 cm³/mol. The van der Waals surface area contributed by atoms with Gasteiger partial charge >= 0.3 is 0 Å². The first kappa shape index (κ1) is 15.8. The molecule has 6 heteroatoms. The molecule has 2 aliphatic rings. The summed E-state index contributed by atoms with van der Waals surface area (Å²) in [6.07, 6.45) is 4.00. The average Bonchev–Trinajstić information content (AvgIpc) is 3.00. The molecule has 3 atom stereocenters. The second-order valence-corrected chi connectivity index (χ2v) is 8.05. The number of nitrogens with one attached hydrogen (secondary N) is 2. The minimum absolute atomic E-state index is 0.647. The number of thiazole rings is 1. The van der Waals surface area contributed by atoms with E-state index in [0.717, 1.165) is 41.8 Å². The van der Waals surface area contributed by atoms with Gasteiger partial charge < -0.3 is 10.6 Å². The lowest BCUT2D eigenvalue weighted by Crippen LogP contribution is -2.53. The number of aromatic nitrogens is 1. The highest BCUT2D eigenvalue weighted by atomic mass is 32.1. The molecule has 1 aromatic heterocycles. The van der Waals surface area contributed by atoms with Gasteiger partial charge in [-0.2, -0.15) is 0 Å². The van der Waals surface area contributed by atoms with E-state index in [4.69, 9.17) is 4.99 Å². The molecule has 0 spiro atoms. The summed E-state index contributed by atoms with van der Waals surface area (Å²) < 4.78 is 1.20. The third-order valence-corrected chi connectivity index (χ3v) is 6.46. The van der Waals surface area contributed by atoms with E-state index in [0.29, 0.717) is 6.04 Å². The molecule has 2 heterocycles. The number of nitrogens with zero attached hydrogens (tertiary/aromatic N) is 3. The van der Waals surface area contributed by atoms with E-state index >= 15 is 0 Å². The Hall–Kier alpha value is -1.66. The standard InChI is InChI=1S/C18H25N5S/c1-12-6-5-8-15(13(12)2)23-10-19-17(20-11-23)22-18-21-14-7-3-4-9-16(14)24-18/h3-4,7,9,12-13,15H,5-6,8,10-11H2,1-2H3,(H2,19,20,21,22)/t12-,13+,15+/m0/s1. The molecule has 128 valence electrons. The van der Waals surface area contributed by atoms with Gasteiger partial charge in [-0.15, -0.1) is 0 Å². The second-order valence-electron chi connectivity index (χ2n) is 7.02. The number of para-hydroxylation sites is 1. The maximum absolute atomic E-state index is 4.70. The molecule has 1 aromatic carbocycles. The van der Waals surface area contributed by atoms with Gasteiger partial charge in [0.2, 0.25) is 0 Å². The van der Waals surface area contributed by atoms with Gasteiger partial charge in [0, 0.05) is 6.04 Å². The van der Waals surface area contributed by atoms with Crippen LogP contribution in [0.25, 0.3) is 10.2 Å². The summed E-state index contributed by atoms with van der Waals surface area (Å²) in [6.45, 7) is 6.41. The van der Waals surface area contributed by atoms with E-state index in [1.807, 2.05) is 18.2 Å². The van der Waals surface area contributed by atoms with Crippen LogP contribution in [0.15, 0.2) is 29.3 Å². The Bertz CT molecular complexity index is 707. The molecular formula is C18H25N5S. The Morgan fingerprint density at radius 2 is 2.12 bits per heavy atom. The van der Waals surface area contributed by atoms with Crippen LogP contribution < -0.4 is 10.6 Å². The van der Waals surface area contributed by atoms with E-state index in [9.17, 15) is 0 Å². The van der Waals surface area contributed by atoms with Gasteiger partial charge in [0.25, 0.3) is 0 Å². The van der Waals surface area contributed by atoms with Crippen molar-refractivity contribution in [3.05, 3.63) is 24.3 Å². The quantitative estimate of drug-likeness (QED) is 0.873. The number of fused-ring (bicyclic) bond motifs is 1. The van der Waals surface area contributed by atoms with Gasteiger partial charge in [0.1, 0.15) is 0 Å². The SMILES string of the molecule is C[C@H]1[C@H](N2CN=C(Nc3nc4ccccc4s3)NC2)CCC[C@@H]1C. The Morgan fingerprint density at radius 3 is 2.92 bits per heavy atom. The average molecular weight is 344 g/mol. The van der Waals surface area contributed by atoms with E-state index in [2.05, 4.69) is 40.4 Å². The number of benzene rings is 1. The molecule has 1 aliphatic heterocycles.